The normalized spacial score (nSPS) is 13.4. The maximum Gasteiger partial charge on any atom is 0.255 e. The average molecular weight is 435 g/mol. The number of hydrogen-bond acceptors (Lipinski definition) is 5. The molecule has 7 nitrogen and oxygen atoms in total. The molecule has 0 atom stereocenters. The maximum atomic E-state index is 11.9. The Morgan fingerprint density at radius 2 is 1.76 bits per heavy atom. The Morgan fingerprint density at radius 1 is 0.970 bits per heavy atom. The first-order valence-electron chi connectivity index (χ1n) is 11.0. The number of pyridine rings is 2. The predicted molar refractivity (Wildman–Crippen MR) is 129 cm³/mol. The molecule has 3 heterocycles. The number of fused-ring (bicyclic) bond motifs is 1. The Morgan fingerprint density at radius 3 is 2.52 bits per heavy atom. The van der Waals surface area contributed by atoms with Crippen LogP contribution in [-0.4, -0.2) is 24.7 Å². The molecule has 1 aliphatic rings. The third kappa shape index (κ3) is 3.78. The van der Waals surface area contributed by atoms with Gasteiger partial charge in [0.25, 0.3) is 5.56 Å². The van der Waals surface area contributed by atoms with Crippen LogP contribution in [0.3, 0.4) is 0 Å². The number of nitrogens with one attached hydrogen (secondary N) is 2. The minimum atomic E-state index is -0.0990. The van der Waals surface area contributed by atoms with E-state index in [9.17, 15) is 4.79 Å². The number of hydrogen-bond donors (Lipinski definition) is 2. The second kappa shape index (κ2) is 7.70. The van der Waals surface area contributed by atoms with Gasteiger partial charge in [0.1, 0.15) is 0 Å². The standard InChI is InChI=1S/C26H22N6O/c1-32-26(29-21-9-10-22-19(14-21)12-13-27-25(22)33)30-24(31-32)18-6-2-16(3-7-18)20-8-11-23(28-15-20)17-4-5-17/h2-3,6-15,17H,4-5H2,1H3,(H,27,33)(H,29,30,31). The molecule has 5 aromatic rings. The van der Waals surface area contributed by atoms with Crippen molar-refractivity contribution in [2.45, 2.75) is 18.8 Å². The Balaban J connectivity index is 1.23. The van der Waals surface area contributed by atoms with Gasteiger partial charge in [-0.25, -0.2) is 4.68 Å². The van der Waals surface area contributed by atoms with Crippen molar-refractivity contribution in [3.05, 3.63) is 89.1 Å². The number of nitrogens with zero attached hydrogens (tertiary/aromatic N) is 4. The first kappa shape index (κ1) is 19.4. The van der Waals surface area contributed by atoms with Crippen molar-refractivity contribution in [2.75, 3.05) is 5.32 Å². The van der Waals surface area contributed by atoms with Crippen molar-refractivity contribution in [3.63, 3.8) is 0 Å². The van der Waals surface area contributed by atoms with Crippen molar-refractivity contribution in [1.82, 2.24) is 24.7 Å². The number of aromatic nitrogens is 5. The van der Waals surface area contributed by atoms with Crippen LogP contribution in [0.2, 0.25) is 0 Å². The molecule has 2 aromatic carbocycles. The monoisotopic (exact) mass is 434 g/mol. The van der Waals surface area contributed by atoms with Gasteiger partial charge in [-0.1, -0.05) is 30.3 Å². The third-order valence-corrected chi connectivity index (χ3v) is 6.05. The molecule has 1 fully saturated rings. The summed E-state index contributed by atoms with van der Waals surface area (Å²) in [5.74, 6) is 1.93. The van der Waals surface area contributed by atoms with E-state index < -0.39 is 0 Å². The lowest BCUT2D eigenvalue weighted by molar-refractivity contribution is 0.778. The van der Waals surface area contributed by atoms with Gasteiger partial charge in [0.05, 0.1) is 0 Å². The Kier molecular flexibility index (Phi) is 4.54. The zero-order chi connectivity index (χ0) is 22.4. The van der Waals surface area contributed by atoms with Crippen LogP contribution in [0.5, 0.6) is 0 Å². The minimum absolute atomic E-state index is 0.0990. The fraction of sp³-hybridized carbons (Fsp3) is 0.154. The van der Waals surface area contributed by atoms with Gasteiger partial charge in [-0.15, -0.1) is 5.10 Å². The summed E-state index contributed by atoms with van der Waals surface area (Å²) in [7, 11) is 1.85. The average Bonchev–Trinajstić information content (AvgIpc) is 3.63. The molecule has 3 aromatic heterocycles. The first-order valence-corrected chi connectivity index (χ1v) is 11.0. The molecular formula is C26H22N6O. The Bertz CT molecular complexity index is 1510. The molecule has 1 saturated carbocycles. The van der Waals surface area contributed by atoms with E-state index in [-0.39, 0.29) is 5.56 Å². The second-order valence-electron chi connectivity index (χ2n) is 8.44. The third-order valence-electron chi connectivity index (χ3n) is 6.05. The zero-order valence-corrected chi connectivity index (χ0v) is 18.1. The quantitative estimate of drug-likeness (QED) is 0.406. The van der Waals surface area contributed by atoms with Crippen LogP contribution in [0.4, 0.5) is 11.6 Å². The second-order valence-corrected chi connectivity index (χ2v) is 8.44. The number of aryl methyl sites for hydroxylation is 1. The molecule has 0 amide bonds. The topological polar surface area (TPSA) is 88.5 Å². The molecule has 6 rings (SSSR count). The molecule has 1 aliphatic carbocycles. The number of anilines is 2. The summed E-state index contributed by atoms with van der Waals surface area (Å²) >= 11 is 0. The molecule has 162 valence electrons. The van der Waals surface area contributed by atoms with E-state index in [0.29, 0.717) is 23.1 Å². The van der Waals surface area contributed by atoms with E-state index in [1.165, 1.54) is 18.5 Å². The van der Waals surface area contributed by atoms with Gasteiger partial charge in [-0.05, 0) is 54.1 Å². The molecule has 2 N–H and O–H groups in total. The van der Waals surface area contributed by atoms with E-state index in [4.69, 9.17) is 0 Å². The summed E-state index contributed by atoms with van der Waals surface area (Å²) in [5, 5.41) is 9.38. The van der Waals surface area contributed by atoms with Crippen LogP contribution in [0.25, 0.3) is 33.3 Å². The van der Waals surface area contributed by atoms with E-state index in [1.807, 2.05) is 43.6 Å². The van der Waals surface area contributed by atoms with Gasteiger partial charge in [0, 0.05) is 53.3 Å². The largest absolute Gasteiger partial charge is 0.329 e. The van der Waals surface area contributed by atoms with Gasteiger partial charge in [0.2, 0.25) is 5.95 Å². The van der Waals surface area contributed by atoms with Crippen LogP contribution < -0.4 is 10.9 Å². The van der Waals surface area contributed by atoms with Crippen LogP contribution in [0.1, 0.15) is 24.5 Å². The highest BCUT2D eigenvalue weighted by Gasteiger charge is 2.24. The fourth-order valence-electron chi connectivity index (χ4n) is 4.02. The molecule has 0 radical (unpaired) electrons. The van der Waals surface area contributed by atoms with Crippen molar-refractivity contribution >= 4 is 22.4 Å². The van der Waals surface area contributed by atoms with Crippen molar-refractivity contribution in [2.24, 2.45) is 7.05 Å². The van der Waals surface area contributed by atoms with Gasteiger partial charge < -0.3 is 10.3 Å². The lowest BCUT2D eigenvalue weighted by Gasteiger charge is -2.05. The minimum Gasteiger partial charge on any atom is -0.329 e. The highest BCUT2D eigenvalue weighted by atomic mass is 16.1. The molecule has 7 heteroatoms. The molecular weight excluding hydrogens is 412 g/mol. The van der Waals surface area contributed by atoms with Crippen LogP contribution in [0.15, 0.2) is 77.9 Å². The summed E-state index contributed by atoms with van der Waals surface area (Å²) in [4.78, 5) is 23.9. The van der Waals surface area contributed by atoms with Crippen molar-refractivity contribution in [3.8, 4) is 22.5 Å². The van der Waals surface area contributed by atoms with Gasteiger partial charge >= 0.3 is 0 Å². The van der Waals surface area contributed by atoms with E-state index in [0.717, 1.165) is 27.8 Å². The van der Waals surface area contributed by atoms with Crippen molar-refractivity contribution < 1.29 is 0 Å². The lowest BCUT2D eigenvalue weighted by Crippen LogP contribution is -2.05. The molecule has 0 saturated heterocycles. The van der Waals surface area contributed by atoms with Crippen LogP contribution in [-0.2, 0) is 7.05 Å². The molecule has 0 bridgehead atoms. The SMILES string of the molecule is Cn1nc(-c2ccc(-c3ccc(C4CC4)nc3)cc2)nc1Nc1ccc2c(=O)[nH]ccc2c1. The summed E-state index contributed by atoms with van der Waals surface area (Å²) in [5.41, 5.74) is 5.11. The van der Waals surface area contributed by atoms with E-state index in [2.05, 4.69) is 49.6 Å². The van der Waals surface area contributed by atoms with Crippen LogP contribution >= 0.6 is 0 Å². The first-order chi connectivity index (χ1) is 16.1. The summed E-state index contributed by atoms with van der Waals surface area (Å²) < 4.78 is 1.71. The van der Waals surface area contributed by atoms with E-state index >= 15 is 0 Å². The summed E-state index contributed by atoms with van der Waals surface area (Å²) in [6.07, 6.45) is 6.13. The van der Waals surface area contributed by atoms with Gasteiger partial charge in [-0.3, -0.25) is 9.78 Å². The van der Waals surface area contributed by atoms with Gasteiger partial charge in [0.15, 0.2) is 5.82 Å². The molecule has 33 heavy (non-hydrogen) atoms. The zero-order valence-electron chi connectivity index (χ0n) is 18.1. The fourth-order valence-corrected chi connectivity index (χ4v) is 4.02. The number of aromatic amines is 1. The van der Waals surface area contributed by atoms with E-state index in [1.54, 1.807) is 16.9 Å². The summed E-state index contributed by atoms with van der Waals surface area (Å²) in [6.45, 7) is 0. The maximum absolute atomic E-state index is 11.9. The number of H-pyrrole nitrogens is 1. The predicted octanol–water partition coefficient (Wildman–Crippen LogP) is 5.01. The highest BCUT2D eigenvalue weighted by molar-refractivity contribution is 5.85. The Labute approximate surface area is 190 Å². The summed E-state index contributed by atoms with van der Waals surface area (Å²) in [6, 6.07) is 20.0. The molecule has 0 spiro atoms. The number of benzene rings is 2. The smallest absolute Gasteiger partial charge is 0.255 e. The Hall–Kier alpha value is -4.26. The van der Waals surface area contributed by atoms with Crippen molar-refractivity contribution in [1.29, 1.82) is 0 Å². The highest BCUT2D eigenvalue weighted by Crippen LogP contribution is 2.39. The lowest BCUT2D eigenvalue weighted by atomic mass is 10.0. The molecule has 0 unspecified atom stereocenters. The molecule has 0 aliphatic heterocycles. The van der Waals surface area contributed by atoms with Crippen LogP contribution in [0, 0.1) is 0 Å². The van der Waals surface area contributed by atoms with Gasteiger partial charge in [-0.2, -0.15) is 4.98 Å². The number of rotatable bonds is 5.